The lowest BCUT2D eigenvalue weighted by Crippen LogP contribution is -2.50. The molecule has 0 saturated carbocycles. The summed E-state index contributed by atoms with van der Waals surface area (Å²) in [5.74, 6) is -0.252. The van der Waals surface area contributed by atoms with Gasteiger partial charge < -0.3 is 4.90 Å². The predicted octanol–water partition coefficient (Wildman–Crippen LogP) is 2.33. The molecule has 1 aromatic carbocycles. The Morgan fingerprint density at radius 2 is 1.81 bits per heavy atom. The zero-order valence-corrected chi connectivity index (χ0v) is 16.0. The lowest BCUT2D eigenvalue weighted by Gasteiger charge is -2.34. The van der Waals surface area contributed by atoms with E-state index in [-0.39, 0.29) is 24.7 Å². The number of hydrogen-bond acceptors (Lipinski definition) is 4. The third kappa shape index (κ3) is 4.23. The number of carbonyl (C=O) groups is 1. The number of aryl methyl sites for hydroxylation is 1. The van der Waals surface area contributed by atoms with Gasteiger partial charge in [-0.15, -0.1) is 0 Å². The van der Waals surface area contributed by atoms with E-state index in [0.717, 1.165) is 11.3 Å². The second-order valence-corrected chi connectivity index (χ2v) is 8.61. The normalized spacial score (nSPS) is 15.8. The van der Waals surface area contributed by atoms with E-state index < -0.39 is 10.0 Å². The highest BCUT2D eigenvalue weighted by Gasteiger charge is 2.30. The van der Waals surface area contributed by atoms with Gasteiger partial charge in [-0.05, 0) is 18.6 Å². The first-order chi connectivity index (χ1) is 12.4. The Balaban J connectivity index is 1.64. The molecule has 1 saturated heterocycles. The van der Waals surface area contributed by atoms with E-state index in [2.05, 4.69) is 4.98 Å². The number of rotatable bonds is 4. The molecule has 0 N–H and O–H groups in total. The van der Waals surface area contributed by atoms with Gasteiger partial charge in [-0.25, -0.2) is 8.42 Å². The van der Waals surface area contributed by atoms with Crippen molar-refractivity contribution in [2.75, 3.05) is 26.2 Å². The van der Waals surface area contributed by atoms with Crippen LogP contribution in [0.1, 0.15) is 21.6 Å². The summed E-state index contributed by atoms with van der Waals surface area (Å²) in [4.78, 5) is 18.3. The molecule has 0 bridgehead atoms. The number of sulfonamides is 1. The van der Waals surface area contributed by atoms with Crippen molar-refractivity contribution in [3.63, 3.8) is 0 Å². The van der Waals surface area contributed by atoms with Crippen LogP contribution in [0.15, 0.2) is 42.6 Å². The summed E-state index contributed by atoms with van der Waals surface area (Å²) in [6, 6.07) is 10.7. The summed E-state index contributed by atoms with van der Waals surface area (Å²) < 4.78 is 26.6. The standard InChI is InChI=1S/C18H20ClN3O3S/c1-14-11-17(19)16(12-20-14)18(23)21-7-9-22(10-8-21)26(24,25)13-15-5-3-2-4-6-15/h2-6,11-12H,7-10,13H2,1H3. The summed E-state index contributed by atoms with van der Waals surface area (Å²) in [5, 5.41) is 0.363. The summed E-state index contributed by atoms with van der Waals surface area (Å²) in [7, 11) is -3.41. The van der Waals surface area contributed by atoms with E-state index >= 15 is 0 Å². The van der Waals surface area contributed by atoms with Gasteiger partial charge in [-0.1, -0.05) is 41.9 Å². The molecule has 0 radical (unpaired) electrons. The van der Waals surface area contributed by atoms with E-state index in [1.807, 2.05) is 18.2 Å². The zero-order valence-electron chi connectivity index (χ0n) is 14.4. The molecule has 1 amide bonds. The molecule has 8 heteroatoms. The molecule has 6 nitrogen and oxygen atoms in total. The fourth-order valence-corrected chi connectivity index (χ4v) is 4.70. The van der Waals surface area contributed by atoms with E-state index in [1.54, 1.807) is 30.0 Å². The Morgan fingerprint density at radius 3 is 2.42 bits per heavy atom. The van der Waals surface area contributed by atoms with Crippen LogP contribution in [-0.4, -0.2) is 54.7 Å². The Hall–Kier alpha value is -1.96. The second-order valence-electron chi connectivity index (χ2n) is 6.24. The summed E-state index contributed by atoms with van der Waals surface area (Å²) in [6.45, 7) is 3.01. The topological polar surface area (TPSA) is 70.6 Å². The SMILES string of the molecule is Cc1cc(Cl)c(C(=O)N2CCN(S(=O)(=O)Cc3ccccc3)CC2)cn1. The van der Waals surface area contributed by atoms with Gasteiger partial charge in [-0.3, -0.25) is 9.78 Å². The van der Waals surface area contributed by atoms with Crippen LogP contribution in [0.2, 0.25) is 5.02 Å². The number of pyridine rings is 1. The maximum atomic E-state index is 12.6. The molecule has 0 aliphatic carbocycles. The van der Waals surface area contributed by atoms with Gasteiger partial charge in [0.05, 0.1) is 16.3 Å². The summed E-state index contributed by atoms with van der Waals surface area (Å²) >= 11 is 6.14. The number of amides is 1. The number of nitrogens with zero attached hydrogens (tertiary/aromatic N) is 3. The van der Waals surface area contributed by atoms with Gasteiger partial charge in [0.25, 0.3) is 5.91 Å². The van der Waals surface area contributed by atoms with Crippen molar-refractivity contribution in [2.24, 2.45) is 0 Å². The number of aromatic nitrogens is 1. The Morgan fingerprint density at radius 1 is 1.15 bits per heavy atom. The number of halogens is 1. The first-order valence-electron chi connectivity index (χ1n) is 8.30. The molecule has 2 heterocycles. The highest BCUT2D eigenvalue weighted by molar-refractivity contribution is 7.88. The van der Waals surface area contributed by atoms with E-state index in [4.69, 9.17) is 11.6 Å². The zero-order chi connectivity index (χ0) is 18.7. The molecule has 1 aromatic heterocycles. The van der Waals surface area contributed by atoms with Crippen LogP contribution in [0.3, 0.4) is 0 Å². The van der Waals surface area contributed by atoms with Crippen molar-refractivity contribution in [3.8, 4) is 0 Å². The van der Waals surface area contributed by atoms with Crippen LogP contribution < -0.4 is 0 Å². The van der Waals surface area contributed by atoms with Gasteiger partial charge >= 0.3 is 0 Å². The molecule has 3 rings (SSSR count). The molecular weight excluding hydrogens is 374 g/mol. The number of piperazine rings is 1. The first-order valence-corrected chi connectivity index (χ1v) is 10.3. The number of hydrogen-bond donors (Lipinski definition) is 0. The van der Waals surface area contributed by atoms with Crippen molar-refractivity contribution < 1.29 is 13.2 Å². The average Bonchev–Trinajstić information content (AvgIpc) is 2.62. The van der Waals surface area contributed by atoms with Gasteiger partial charge in [0, 0.05) is 38.1 Å². The van der Waals surface area contributed by atoms with Gasteiger partial charge in [-0.2, -0.15) is 4.31 Å². The van der Waals surface area contributed by atoms with E-state index in [0.29, 0.717) is 23.7 Å². The molecule has 0 spiro atoms. The van der Waals surface area contributed by atoms with Crippen molar-refractivity contribution >= 4 is 27.5 Å². The molecule has 138 valence electrons. The Labute approximate surface area is 158 Å². The van der Waals surface area contributed by atoms with Crippen LogP contribution in [0.4, 0.5) is 0 Å². The minimum Gasteiger partial charge on any atom is -0.336 e. The Bertz CT molecular complexity index is 895. The average molecular weight is 394 g/mol. The molecule has 1 aliphatic heterocycles. The lowest BCUT2D eigenvalue weighted by molar-refractivity contribution is 0.0697. The molecule has 1 fully saturated rings. The Kier molecular flexibility index (Phi) is 5.60. The van der Waals surface area contributed by atoms with Crippen LogP contribution in [-0.2, 0) is 15.8 Å². The van der Waals surface area contributed by atoms with Gasteiger partial charge in [0.15, 0.2) is 0 Å². The van der Waals surface area contributed by atoms with Crippen molar-refractivity contribution in [3.05, 3.63) is 64.4 Å². The fourth-order valence-electron chi connectivity index (χ4n) is 2.90. The van der Waals surface area contributed by atoms with Crippen molar-refractivity contribution in [1.29, 1.82) is 0 Å². The third-order valence-electron chi connectivity index (χ3n) is 4.33. The molecule has 2 aromatic rings. The van der Waals surface area contributed by atoms with E-state index in [9.17, 15) is 13.2 Å². The van der Waals surface area contributed by atoms with Gasteiger partial charge in [0.1, 0.15) is 0 Å². The smallest absolute Gasteiger partial charge is 0.257 e. The van der Waals surface area contributed by atoms with Crippen LogP contribution in [0.5, 0.6) is 0 Å². The highest BCUT2D eigenvalue weighted by Crippen LogP contribution is 2.20. The third-order valence-corrected chi connectivity index (χ3v) is 6.49. The number of carbonyl (C=O) groups excluding carboxylic acids is 1. The maximum absolute atomic E-state index is 12.6. The largest absolute Gasteiger partial charge is 0.336 e. The predicted molar refractivity (Wildman–Crippen MR) is 101 cm³/mol. The molecule has 1 aliphatic rings. The van der Waals surface area contributed by atoms with Crippen LogP contribution >= 0.6 is 11.6 Å². The quantitative estimate of drug-likeness (QED) is 0.799. The minimum absolute atomic E-state index is 0.0322. The minimum atomic E-state index is -3.41. The van der Waals surface area contributed by atoms with Crippen LogP contribution in [0.25, 0.3) is 0 Å². The highest BCUT2D eigenvalue weighted by atomic mass is 35.5. The monoisotopic (exact) mass is 393 g/mol. The number of benzene rings is 1. The fraction of sp³-hybridized carbons (Fsp3) is 0.333. The molecule has 26 heavy (non-hydrogen) atoms. The summed E-state index contributed by atoms with van der Waals surface area (Å²) in [6.07, 6.45) is 1.47. The molecular formula is C18H20ClN3O3S. The first kappa shape index (κ1) is 18.8. The maximum Gasteiger partial charge on any atom is 0.257 e. The van der Waals surface area contributed by atoms with Crippen molar-refractivity contribution in [2.45, 2.75) is 12.7 Å². The molecule has 0 unspecified atom stereocenters. The summed E-state index contributed by atoms with van der Waals surface area (Å²) in [5.41, 5.74) is 1.84. The molecule has 0 atom stereocenters. The lowest BCUT2D eigenvalue weighted by atomic mass is 10.2. The second kappa shape index (κ2) is 7.73. The van der Waals surface area contributed by atoms with E-state index in [1.165, 1.54) is 10.5 Å². The van der Waals surface area contributed by atoms with Crippen molar-refractivity contribution in [1.82, 2.24) is 14.2 Å². The van der Waals surface area contributed by atoms with Gasteiger partial charge in [0.2, 0.25) is 10.0 Å². The van der Waals surface area contributed by atoms with Crippen LogP contribution in [0, 0.1) is 6.92 Å².